The number of nitro benzene ring substituents is 1. The number of fused-ring (bicyclic) bond motifs is 3. The molecule has 0 saturated carbocycles. The molecule has 9 rings (SSSR count). The molecule has 9 atom stereocenters. The fourth-order valence-electron chi connectivity index (χ4n) is 10.6. The smallest absolute Gasteiger partial charge is 0.312 e. The highest BCUT2D eigenvalue weighted by Crippen LogP contribution is 2.52. The Bertz CT molecular complexity index is 2820. The van der Waals surface area contributed by atoms with Gasteiger partial charge in [0.05, 0.1) is 77.4 Å². The van der Waals surface area contributed by atoms with Gasteiger partial charge in [-0.2, -0.15) is 0 Å². The molecule has 23 heteroatoms. The molecule has 0 aliphatic carbocycles. The summed E-state index contributed by atoms with van der Waals surface area (Å²) < 4.78 is 77.6. The van der Waals surface area contributed by atoms with Crippen LogP contribution >= 0.6 is 35.3 Å². The summed E-state index contributed by atoms with van der Waals surface area (Å²) in [6.07, 6.45) is -0.145. The molecule has 0 unspecified atom stereocenters. The van der Waals surface area contributed by atoms with E-state index in [-0.39, 0.29) is 110 Å². The molecule has 0 spiro atoms. The largest absolute Gasteiger partial charge is 0.460 e. The van der Waals surface area contributed by atoms with Crippen LogP contribution in [0.15, 0.2) is 69.6 Å². The summed E-state index contributed by atoms with van der Waals surface area (Å²) in [4.78, 5) is 61.6. The lowest BCUT2D eigenvalue weighted by atomic mass is 9.79. The number of carbonyl (C=O) groups is 3. The van der Waals surface area contributed by atoms with Gasteiger partial charge in [0.25, 0.3) is 5.69 Å². The summed E-state index contributed by atoms with van der Waals surface area (Å²) in [6, 6.07) is 12.5. The SMILES string of the molecule is C[C@H]1OC[C@]2(c3cc(N)ccc3F)N=C(CC(=O)OC(C)(C)C)SC[C@H]12.C[C@H]1OC[C@]2(c3cc(N)ccc3F)N=C(CC(=O)OC(C)(C)C)SC[C@H]12.C[C@H]1OC[C@]2(c3cc([N+](=O)[O-])ccc3F)N=C(CC(=O)OC(C)(C)C)SC[C@H]12. The summed E-state index contributed by atoms with van der Waals surface area (Å²) in [6.45, 7) is 22.8. The third-order valence-corrected chi connectivity index (χ3v) is 17.5. The summed E-state index contributed by atoms with van der Waals surface area (Å²) in [5.74, 6) is -0.495. The number of nitrogen functional groups attached to an aromatic ring is 2. The highest BCUT2D eigenvalue weighted by molar-refractivity contribution is 8.14. The Hall–Kier alpha value is -5.20. The van der Waals surface area contributed by atoms with Crippen molar-refractivity contribution in [2.24, 2.45) is 32.7 Å². The van der Waals surface area contributed by atoms with Gasteiger partial charge in [-0.05, 0) is 126 Å². The van der Waals surface area contributed by atoms with Crippen LogP contribution in [-0.2, 0) is 59.4 Å². The Balaban J connectivity index is 0.000000174. The van der Waals surface area contributed by atoms with Gasteiger partial charge >= 0.3 is 17.9 Å². The van der Waals surface area contributed by atoms with Crippen molar-refractivity contribution in [3.63, 3.8) is 0 Å². The van der Waals surface area contributed by atoms with Crippen LogP contribution in [-0.4, -0.2) is 110 Å². The molecule has 436 valence electrons. The van der Waals surface area contributed by atoms with Gasteiger partial charge in [0, 0.05) is 75.2 Å². The topological polar surface area (TPSA) is 239 Å². The summed E-state index contributed by atoms with van der Waals surface area (Å²) in [5, 5.41) is 13.0. The third kappa shape index (κ3) is 14.5. The van der Waals surface area contributed by atoms with E-state index in [1.165, 1.54) is 65.6 Å². The van der Waals surface area contributed by atoms with Crippen molar-refractivity contribution in [3.8, 4) is 0 Å². The van der Waals surface area contributed by atoms with Crippen molar-refractivity contribution in [2.75, 3.05) is 48.5 Å². The molecule has 0 aromatic heterocycles. The van der Waals surface area contributed by atoms with Crippen molar-refractivity contribution in [1.82, 2.24) is 0 Å². The zero-order valence-corrected chi connectivity index (χ0v) is 49.8. The predicted molar refractivity (Wildman–Crippen MR) is 307 cm³/mol. The van der Waals surface area contributed by atoms with Crippen molar-refractivity contribution >= 4 is 85.4 Å². The summed E-state index contributed by atoms with van der Waals surface area (Å²) in [5.41, 5.74) is 9.07. The quantitative estimate of drug-likeness (QED) is 0.0631. The second-order valence-corrected chi connectivity index (χ2v) is 27.1. The first-order chi connectivity index (χ1) is 37.2. The minimum atomic E-state index is -1.09. The molecule has 3 aromatic carbocycles. The zero-order valence-electron chi connectivity index (χ0n) is 47.3. The van der Waals surface area contributed by atoms with Gasteiger partial charge in [-0.1, -0.05) is 0 Å². The maximum absolute atomic E-state index is 14.7. The Morgan fingerprint density at radius 2 is 0.850 bits per heavy atom. The number of nitro groups is 1. The van der Waals surface area contributed by atoms with Crippen LogP contribution in [0, 0.1) is 45.3 Å². The molecular formula is C57H73F3N6O11S3. The number of rotatable bonds is 10. The summed E-state index contributed by atoms with van der Waals surface area (Å²) >= 11 is 4.45. The van der Waals surface area contributed by atoms with E-state index in [4.69, 9.17) is 54.9 Å². The van der Waals surface area contributed by atoms with E-state index >= 15 is 0 Å². The number of carbonyl (C=O) groups excluding carboxylic acids is 3. The van der Waals surface area contributed by atoms with Crippen LogP contribution in [0.25, 0.3) is 0 Å². The Kier molecular flexibility index (Phi) is 19.0. The first-order valence-corrected chi connectivity index (χ1v) is 29.4. The Morgan fingerprint density at radius 3 is 1.14 bits per heavy atom. The highest BCUT2D eigenvalue weighted by Gasteiger charge is 2.56. The number of non-ortho nitro benzene ring substituents is 1. The maximum Gasteiger partial charge on any atom is 0.312 e. The van der Waals surface area contributed by atoms with Gasteiger partial charge in [0.1, 0.15) is 50.9 Å². The molecule has 17 nitrogen and oxygen atoms in total. The molecule has 6 aliphatic rings. The number of esters is 3. The van der Waals surface area contributed by atoms with Gasteiger partial charge in [-0.3, -0.25) is 39.5 Å². The standard InChI is InChI=1S/C19H23FN2O5S.2C19H25FN2O3S/c1-11-14-9-28-16(8-17(23)27-18(2,3)4)21-19(14,10-26-11)13-7-12(22(24)25)5-6-15(13)20;2*1-11-14-9-26-16(8-17(23)25-18(2,3)4)22-19(14,10-24-11)13-7-12(21)5-6-15(13)20/h5-7,11,14H,8-10H2,1-4H3;2*5-7,11,14H,8-10,21H2,1-4H3/t3*11-,14-,19-/m111/s1. The number of ether oxygens (including phenoxy) is 6. The fourth-order valence-corrected chi connectivity index (χ4v) is 14.7. The van der Waals surface area contributed by atoms with Crippen LogP contribution < -0.4 is 11.5 Å². The zero-order chi connectivity index (χ0) is 58.9. The Labute approximate surface area is 478 Å². The van der Waals surface area contributed by atoms with E-state index in [1.54, 1.807) is 32.9 Å². The van der Waals surface area contributed by atoms with Crippen molar-refractivity contribution in [3.05, 3.63) is 98.9 Å². The van der Waals surface area contributed by atoms with Crippen LogP contribution in [0.3, 0.4) is 0 Å². The molecule has 0 bridgehead atoms. The van der Waals surface area contributed by atoms with E-state index in [1.807, 2.05) is 62.3 Å². The number of anilines is 2. The van der Waals surface area contributed by atoms with Crippen molar-refractivity contribution < 1.29 is 60.9 Å². The maximum atomic E-state index is 14.7. The number of aliphatic imine (C=N–C) groups is 3. The fraction of sp³-hybridized carbons (Fsp3) is 0.579. The minimum Gasteiger partial charge on any atom is -0.460 e. The third-order valence-electron chi connectivity index (χ3n) is 14.2. The van der Waals surface area contributed by atoms with Gasteiger partial charge in [0.2, 0.25) is 0 Å². The highest BCUT2D eigenvalue weighted by atomic mass is 32.2. The van der Waals surface area contributed by atoms with Crippen LogP contribution in [0.2, 0.25) is 0 Å². The van der Waals surface area contributed by atoms with E-state index in [9.17, 15) is 37.7 Å². The molecule has 80 heavy (non-hydrogen) atoms. The van der Waals surface area contributed by atoms with Gasteiger partial charge < -0.3 is 39.9 Å². The lowest BCUT2D eigenvalue weighted by Crippen LogP contribution is -2.41. The monoisotopic (exact) mass is 1170 g/mol. The lowest BCUT2D eigenvalue weighted by molar-refractivity contribution is -0.385. The second-order valence-electron chi connectivity index (χ2n) is 23.8. The van der Waals surface area contributed by atoms with E-state index in [0.29, 0.717) is 54.9 Å². The number of halogens is 3. The van der Waals surface area contributed by atoms with Crippen molar-refractivity contribution in [2.45, 2.75) is 154 Å². The minimum absolute atomic E-state index is 0.0196. The van der Waals surface area contributed by atoms with Gasteiger partial charge in [0.15, 0.2) is 0 Å². The molecule has 6 aliphatic heterocycles. The molecule has 3 aromatic rings. The number of thioether (sulfide) groups is 3. The number of hydrogen-bond donors (Lipinski definition) is 2. The molecule has 3 fully saturated rings. The molecule has 0 amide bonds. The molecule has 4 N–H and O–H groups in total. The first kappa shape index (κ1) is 62.4. The van der Waals surface area contributed by atoms with Gasteiger partial charge in [-0.25, -0.2) is 13.2 Å². The number of nitrogens with two attached hydrogens (primary N) is 2. The average molecular weight is 1170 g/mol. The summed E-state index contributed by atoms with van der Waals surface area (Å²) in [7, 11) is 0. The van der Waals surface area contributed by atoms with E-state index in [0.717, 1.165) is 12.1 Å². The first-order valence-electron chi connectivity index (χ1n) is 26.4. The molecule has 3 saturated heterocycles. The van der Waals surface area contributed by atoms with Gasteiger partial charge in [-0.15, -0.1) is 35.3 Å². The molecular weight excluding hydrogens is 1100 g/mol. The second kappa shape index (κ2) is 24.3. The number of nitrogens with zero attached hydrogens (tertiary/aromatic N) is 4. The molecule has 6 heterocycles. The van der Waals surface area contributed by atoms with E-state index < -0.39 is 50.1 Å². The van der Waals surface area contributed by atoms with E-state index in [2.05, 4.69) is 0 Å². The van der Waals surface area contributed by atoms with Crippen LogP contribution in [0.1, 0.15) is 119 Å². The normalized spacial score (nSPS) is 28.0. The number of benzene rings is 3. The van der Waals surface area contributed by atoms with Crippen LogP contribution in [0.4, 0.5) is 30.2 Å². The number of hydrogen-bond acceptors (Lipinski definition) is 19. The average Bonchev–Trinajstić information content (AvgIpc) is 4.15. The predicted octanol–water partition coefficient (Wildman–Crippen LogP) is 10.9. The molecule has 0 radical (unpaired) electrons. The van der Waals surface area contributed by atoms with Crippen molar-refractivity contribution in [1.29, 1.82) is 0 Å². The van der Waals surface area contributed by atoms with Crippen LogP contribution in [0.5, 0.6) is 0 Å². The Morgan fingerprint density at radius 1 is 0.562 bits per heavy atom. The lowest BCUT2D eigenvalue weighted by Gasteiger charge is -2.36.